The molecule has 4 heteroatoms. The fraction of sp³-hybridized carbons (Fsp3) is 0.0909. The second-order valence-electron chi connectivity index (χ2n) is 2.95. The summed E-state index contributed by atoms with van der Waals surface area (Å²) in [5.74, 6) is 1.50. The smallest absolute Gasteiger partial charge is 0.142 e. The molecule has 0 radical (unpaired) electrons. The summed E-state index contributed by atoms with van der Waals surface area (Å²) in [6, 6.07) is 11.0. The van der Waals surface area contributed by atoms with Gasteiger partial charge in [-0.25, -0.2) is 4.98 Å². The first-order valence-corrected chi connectivity index (χ1v) is 4.52. The number of nitrogens with zero attached hydrogens (tertiary/aromatic N) is 2. The fourth-order valence-electron chi connectivity index (χ4n) is 1.19. The van der Waals surface area contributed by atoms with E-state index in [-0.39, 0.29) is 0 Å². The molecule has 4 nitrogen and oxygen atoms in total. The molecule has 15 heavy (non-hydrogen) atoms. The van der Waals surface area contributed by atoms with Crippen LogP contribution in [0.3, 0.4) is 0 Å². The molecule has 2 aromatic rings. The number of aromatic nitrogens is 1. The van der Waals surface area contributed by atoms with E-state index in [0.29, 0.717) is 18.1 Å². The van der Waals surface area contributed by atoms with Crippen LogP contribution in [0.4, 0.5) is 5.82 Å². The van der Waals surface area contributed by atoms with Gasteiger partial charge in [0, 0.05) is 0 Å². The number of rotatable bonds is 3. The Kier molecular flexibility index (Phi) is 2.65. The van der Waals surface area contributed by atoms with Crippen LogP contribution in [0.2, 0.25) is 0 Å². The normalized spacial score (nSPS) is 9.53. The molecule has 74 valence electrons. The maximum atomic E-state index is 8.66. The standard InChI is InChI=1S/C11H9N3O/c12-7-9-3-1-5-11(14-9)13-8-10-4-2-6-15-10/h1-6H,8H2,(H,13,14). The van der Waals surface area contributed by atoms with Gasteiger partial charge in [-0.05, 0) is 24.3 Å². The Morgan fingerprint density at radius 3 is 3.00 bits per heavy atom. The molecule has 0 aromatic carbocycles. The number of anilines is 1. The molecule has 1 N–H and O–H groups in total. The van der Waals surface area contributed by atoms with Gasteiger partial charge in [0.15, 0.2) is 0 Å². The molecule has 0 spiro atoms. The van der Waals surface area contributed by atoms with Crippen LogP contribution in [0.25, 0.3) is 0 Å². The predicted molar refractivity (Wildman–Crippen MR) is 55.0 cm³/mol. The Bertz CT molecular complexity index is 471. The molecule has 0 fully saturated rings. The van der Waals surface area contributed by atoms with Crippen LogP contribution in [0.5, 0.6) is 0 Å². The van der Waals surface area contributed by atoms with Crippen molar-refractivity contribution in [3.05, 3.63) is 48.0 Å². The van der Waals surface area contributed by atoms with E-state index in [9.17, 15) is 0 Å². The lowest BCUT2D eigenvalue weighted by Gasteiger charge is -2.02. The van der Waals surface area contributed by atoms with Gasteiger partial charge in [0.1, 0.15) is 23.3 Å². The van der Waals surface area contributed by atoms with Gasteiger partial charge in [0.05, 0.1) is 12.8 Å². The molecule has 2 rings (SSSR count). The summed E-state index contributed by atoms with van der Waals surface area (Å²) < 4.78 is 5.16. The van der Waals surface area contributed by atoms with Gasteiger partial charge in [-0.2, -0.15) is 5.26 Å². The van der Waals surface area contributed by atoms with E-state index in [0.717, 1.165) is 5.76 Å². The van der Waals surface area contributed by atoms with Crippen LogP contribution < -0.4 is 5.32 Å². The first-order valence-electron chi connectivity index (χ1n) is 4.52. The summed E-state index contributed by atoms with van der Waals surface area (Å²) in [4.78, 5) is 4.08. The van der Waals surface area contributed by atoms with Gasteiger partial charge in [-0.1, -0.05) is 6.07 Å². The Morgan fingerprint density at radius 1 is 1.33 bits per heavy atom. The topological polar surface area (TPSA) is 61.9 Å². The number of hydrogen-bond donors (Lipinski definition) is 1. The van der Waals surface area contributed by atoms with E-state index < -0.39 is 0 Å². The van der Waals surface area contributed by atoms with Crippen LogP contribution in [0, 0.1) is 11.3 Å². The van der Waals surface area contributed by atoms with Crippen molar-refractivity contribution in [1.29, 1.82) is 5.26 Å². The van der Waals surface area contributed by atoms with Crippen molar-refractivity contribution in [2.24, 2.45) is 0 Å². The van der Waals surface area contributed by atoms with Crippen LogP contribution in [-0.2, 0) is 6.54 Å². The molecule has 0 unspecified atom stereocenters. The van der Waals surface area contributed by atoms with E-state index in [4.69, 9.17) is 9.68 Å². The minimum absolute atomic E-state index is 0.402. The largest absolute Gasteiger partial charge is 0.467 e. The van der Waals surface area contributed by atoms with Crippen LogP contribution in [0.15, 0.2) is 41.0 Å². The first-order chi connectivity index (χ1) is 7.38. The van der Waals surface area contributed by atoms with Crippen LogP contribution in [-0.4, -0.2) is 4.98 Å². The zero-order valence-corrected chi connectivity index (χ0v) is 7.97. The van der Waals surface area contributed by atoms with Crippen LogP contribution in [0.1, 0.15) is 11.5 Å². The van der Waals surface area contributed by atoms with Crippen molar-refractivity contribution in [3.8, 4) is 6.07 Å². The molecule has 0 bridgehead atoms. The van der Waals surface area contributed by atoms with Gasteiger partial charge in [0.25, 0.3) is 0 Å². The number of nitriles is 1. The van der Waals surface area contributed by atoms with Crippen molar-refractivity contribution >= 4 is 5.82 Å². The summed E-state index contributed by atoms with van der Waals surface area (Å²) in [7, 11) is 0. The van der Waals surface area contributed by atoms with Gasteiger partial charge in [0.2, 0.25) is 0 Å². The number of hydrogen-bond acceptors (Lipinski definition) is 4. The summed E-state index contributed by atoms with van der Waals surface area (Å²) in [6.45, 7) is 0.564. The van der Waals surface area contributed by atoms with Crippen molar-refractivity contribution in [2.75, 3.05) is 5.32 Å². The third-order valence-electron chi connectivity index (χ3n) is 1.89. The molecule has 0 saturated carbocycles. The zero-order valence-electron chi connectivity index (χ0n) is 7.97. The first kappa shape index (κ1) is 9.28. The lowest BCUT2D eigenvalue weighted by atomic mass is 10.3. The summed E-state index contributed by atoms with van der Waals surface area (Å²) in [5.41, 5.74) is 0.402. The Balaban J connectivity index is 2.02. The SMILES string of the molecule is N#Cc1cccc(NCc2ccco2)n1. The number of furan rings is 1. The number of nitrogens with one attached hydrogen (secondary N) is 1. The Morgan fingerprint density at radius 2 is 2.27 bits per heavy atom. The molecule has 0 saturated heterocycles. The van der Waals surface area contributed by atoms with Crippen molar-refractivity contribution in [3.63, 3.8) is 0 Å². The molecule has 2 aromatic heterocycles. The lowest BCUT2D eigenvalue weighted by Crippen LogP contribution is -2.00. The molecule has 0 amide bonds. The minimum Gasteiger partial charge on any atom is -0.467 e. The van der Waals surface area contributed by atoms with E-state index in [2.05, 4.69) is 10.3 Å². The monoisotopic (exact) mass is 199 g/mol. The Labute approximate surface area is 87.2 Å². The maximum Gasteiger partial charge on any atom is 0.142 e. The van der Waals surface area contributed by atoms with Gasteiger partial charge in [-0.15, -0.1) is 0 Å². The molecular weight excluding hydrogens is 190 g/mol. The summed E-state index contributed by atoms with van der Waals surface area (Å²) in [6.07, 6.45) is 1.62. The quantitative estimate of drug-likeness (QED) is 0.822. The zero-order chi connectivity index (χ0) is 10.5. The van der Waals surface area contributed by atoms with E-state index >= 15 is 0 Å². The second kappa shape index (κ2) is 4.29. The molecule has 2 heterocycles. The van der Waals surface area contributed by atoms with Gasteiger partial charge >= 0.3 is 0 Å². The maximum absolute atomic E-state index is 8.66. The highest BCUT2D eigenvalue weighted by Crippen LogP contribution is 2.07. The summed E-state index contributed by atoms with van der Waals surface area (Å²) in [5, 5.41) is 11.7. The molecule has 0 atom stereocenters. The van der Waals surface area contributed by atoms with Crippen molar-refractivity contribution < 1.29 is 4.42 Å². The van der Waals surface area contributed by atoms with E-state index in [1.165, 1.54) is 0 Å². The van der Waals surface area contributed by atoms with Crippen molar-refractivity contribution in [2.45, 2.75) is 6.54 Å². The number of pyridine rings is 1. The van der Waals surface area contributed by atoms with Crippen LogP contribution >= 0.6 is 0 Å². The molecule has 0 aliphatic heterocycles. The lowest BCUT2D eigenvalue weighted by molar-refractivity contribution is 0.518. The second-order valence-corrected chi connectivity index (χ2v) is 2.95. The third kappa shape index (κ3) is 2.35. The van der Waals surface area contributed by atoms with E-state index in [1.807, 2.05) is 24.3 Å². The third-order valence-corrected chi connectivity index (χ3v) is 1.89. The molecule has 0 aliphatic carbocycles. The highest BCUT2D eigenvalue weighted by molar-refractivity contribution is 5.38. The average molecular weight is 199 g/mol. The highest BCUT2D eigenvalue weighted by Gasteiger charge is 1.98. The highest BCUT2D eigenvalue weighted by atomic mass is 16.3. The predicted octanol–water partition coefficient (Wildman–Crippen LogP) is 2.16. The van der Waals surface area contributed by atoms with Gasteiger partial charge in [-0.3, -0.25) is 0 Å². The molecular formula is C11H9N3O. The average Bonchev–Trinajstić information content (AvgIpc) is 2.79. The molecule has 0 aliphatic rings. The van der Waals surface area contributed by atoms with E-state index in [1.54, 1.807) is 18.4 Å². The minimum atomic E-state index is 0.402. The fourth-order valence-corrected chi connectivity index (χ4v) is 1.19. The van der Waals surface area contributed by atoms with Gasteiger partial charge < -0.3 is 9.73 Å². The summed E-state index contributed by atoms with van der Waals surface area (Å²) >= 11 is 0. The van der Waals surface area contributed by atoms with Crippen molar-refractivity contribution in [1.82, 2.24) is 4.98 Å². The Hall–Kier alpha value is -2.28.